The normalized spacial score (nSPS) is 10.6. The number of benzene rings is 1. The number of hydrogen-bond donors (Lipinski definition) is 1. The molecule has 112 valence electrons. The summed E-state index contributed by atoms with van der Waals surface area (Å²) >= 11 is 1.67. The first-order chi connectivity index (χ1) is 10.1. The van der Waals surface area contributed by atoms with Crippen molar-refractivity contribution in [2.24, 2.45) is 0 Å². The summed E-state index contributed by atoms with van der Waals surface area (Å²) in [5.74, 6) is 0.311. The van der Waals surface area contributed by atoms with Crippen LogP contribution in [0.5, 0.6) is 5.75 Å². The maximum atomic E-state index is 11.1. The quantitative estimate of drug-likeness (QED) is 0.628. The molecule has 0 saturated heterocycles. The van der Waals surface area contributed by atoms with E-state index in [1.165, 1.54) is 4.88 Å². The topological polar surface area (TPSA) is 64.4 Å². The molecule has 0 saturated carbocycles. The van der Waals surface area contributed by atoms with E-state index in [1.807, 2.05) is 12.1 Å². The first-order valence-corrected chi connectivity index (χ1v) is 7.58. The minimum atomic E-state index is -0.402. The molecule has 5 nitrogen and oxygen atoms in total. The average molecular weight is 306 g/mol. The zero-order chi connectivity index (χ0) is 15.2. The fourth-order valence-corrected chi connectivity index (χ4v) is 2.85. The molecule has 6 heteroatoms. The van der Waals surface area contributed by atoms with E-state index in [9.17, 15) is 10.1 Å². The molecule has 0 radical (unpaired) electrons. The molecule has 1 aromatic heterocycles. The highest BCUT2D eigenvalue weighted by atomic mass is 32.1. The van der Waals surface area contributed by atoms with Gasteiger partial charge < -0.3 is 10.1 Å². The predicted octanol–water partition coefficient (Wildman–Crippen LogP) is 3.52. The van der Waals surface area contributed by atoms with Crippen molar-refractivity contribution in [3.05, 3.63) is 55.8 Å². The number of aryl methyl sites for hydroxylation is 1. The Kier molecular flexibility index (Phi) is 5.30. The van der Waals surface area contributed by atoms with E-state index in [-0.39, 0.29) is 5.69 Å². The molecule has 0 aliphatic carbocycles. The zero-order valence-electron chi connectivity index (χ0n) is 12.1. The molecule has 0 bridgehead atoms. The van der Waals surface area contributed by atoms with Crippen molar-refractivity contribution in [3.8, 4) is 5.75 Å². The molecule has 0 unspecified atom stereocenters. The third kappa shape index (κ3) is 4.03. The van der Waals surface area contributed by atoms with E-state index in [0.717, 1.165) is 16.9 Å². The molecule has 1 aromatic carbocycles. The Morgan fingerprint density at radius 3 is 2.67 bits per heavy atom. The molecule has 1 heterocycles. The molecular weight excluding hydrogens is 288 g/mol. The van der Waals surface area contributed by atoms with Gasteiger partial charge in [-0.1, -0.05) is 13.0 Å². The van der Waals surface area contributed by atoms with Crippen LogP contribution in [-0.4, -0.2) is 12.0 Å². The summed E-state index contributed by atoms with van der Waals surface area (Å²) in [6.45, 7) is 3.05. The molecule has 2 aromatic rings. The van der Waals surface area contributed by atoms with Crippen LogP contribution >= 0.6 is 11.3 Å². The second-order valence-electron chi connectivity index (χ2n) is 4.60. The van der Waals surface area contributed by atoms with Gasteiger partial charge in [-0.2, -0.15) is 0 Å². The lowest BCUT2D eigenvalue weighted by Crippen LogP contribution is -2.06. The highest BCUT2D eigenvalue weighted by molar-refractivity contribution is 7.11. The van der Waals surface area contributed by atoms with Crippen LogP contribution in [0.2, 0.25) is 0 Å². The molecule has 0 aliphatic rings. The van der Waals surface area contributed by atoms with Gasteiger partial charge in [-0.05, 0) is 37.2 Å². The van der Waals surface area contributed by atoms with E-state index < -0.39 is 4.92 Å². The molecule has 0 amide bonds. The summed E-state index contributed by atoms with van der Waals surface area (Å²) in [5, 5.41) is 14.1. The summed E-state index contributed by atoms with van der Waals surface area (Å²) in [4.78, 5) is 13.1. The van der Waals surface area contributed by atoms with Crippen molar-refractivity contribution in [1.82, 2.24) is 5.32 Å². The summed E-state index contributed by atoms with van der Waals surface area (Å²) in [6, 6.07) is 9.13. The van der Waals surface area contributed by atoms with Gasteiger partial charge in [0.2, 0.25) is 0 Å². The molecule has 0 atom stereocenters. The third-order valence-electron chi connectivity index (χ3n) is 3.04. The van der Waals surface area contributed by atoms with E-state index in [1.54, 1.807) is 30.5 Å². The Hall–Kier alpha value is -1.92. The zero-order valence-corrected chi connectivity index (χ0v) is 12.9. The van der Waals surface area contributed by atoms with Gasteiger partial charge in [0.15, 0.2) is 5.75 Å². The van der Waals surface area contributed by atoms with Crippen molar-refractivity contribution >= 4 is 17.0 Å². The minimum Gasteiger partial charge on any atom is -0.481 e. The van der Waals surface area contributed by atoms with Crippen LogP contribution in [0.3, 0.4) is 0 Å². The lowest BCUT2D eigenvalue weighted by molar-refractivity contribution is -0.386. The molecule has 2 rings (SSSR count). The van der Waals surface area contributed by atoms with E-state index in [2.05, 4.69) is 18.3 Å². The SMILES string of the molecule is CCc1ccc(COc2ccc(CNC)cc2[N+](=O)[O-])s1. The maximum absolute atomic E-state index is 11.1. The van der Waals surface area contributed by atoms with E-state index >= 15 is 0 Å². The fourth-order valence-electron chi connectivity index (χ4n) is 1.98. The number of nitro groups is 1. The third-order valence-corrected chi connectivity index (χ3v) is 4.24. The van der Waals surface area contributed by atoms with Gasteiger partial charge in [0.05, 0.1) is 4.92 Å². The molecule has 0 spiro atoms. The van der Waals surface area contributed by atoms with Crippen molar-refractivity contribution in [2.75, 3.05) is 7.05 Å². The first-order valence-electron chi connectivity index (χ1n) is 6.76. The lowest BCUT2D eigenvalue weighted by atomic mass is 10.2. The Labute approximate surface area is 127 Å². The van der Waals surface area contributed by atoms with E-state index in [4.69, 9.17) is 4.74 Å². The molecule has 0 aliphatic heterocycles. The largest absolute Gasteiger partial charge is 0.481 e. The highest BCUT2D eigenvalue weighted by Gasteiger charge is 2.16. The average Bonchev–Trinajstić information content (AvgIpc) is 2.94. The Bertz CT molecular complexity index is 625. The maximum Gasteiger partial charge on any atom is 0.311 e. The Morgan fingerprint density at radius 2 is 2.05 bits per heavy atom. The number of nitro benzene ring substituents is 1. The van der Waals surface area contributed by atoms with Gasteiger partial charge >= 0.3 is 5.69 Å². The Morgan fingerprint density at radius 1 is 1.29 bits per heavy atom. The number of thiophene rings is 1. The number of nitrogens with one attached hydrogen (secondary N) is 1. The highest BCUT2D eigenvalue weighted by Crippen LogP contribution is 2.29. The summed E-state index contributed by atoms with van der Waals surface area (Å²) in [5.41, 5.74) is 0.871. The molecule has 21 heavy (non-hydrogen) atoms. The number of rotatable bonds is 7. The van der Waals surface area contributed by atoms with Crippen LogP contribution in [0.4, 0.5) is 5.69 Å². The van der Waals surface area contributed by atoms with Crippen LogP contribution in [0.15, 0.2) is 30.3 Å². The summed E-state index contributed by atoms with van der Waals surface area (Å²) < 4.78 is 5.62. The van der Waals surface area contributed by atoms with Gasteiger partial charge in [-0.3, -0.25) is 10.1 Å². The van der Waals surface area contributed by atoms with Crippen LogP contribution in [0.25, 0.3) is 0 Å². The van der Waals surface area contributed by atoms with Gasteiger partial charge in [0.1, 0.15) is 6.61 Å². The Balaban J connectivity index is 2.13. The van der Waals surface area contributed by atoms with Crippen LogP contribution in [-0.2, 0) is 19.6 Å². The summed E-state index contributed by atoms with van der Waals surface area (Å²) in [6.07, 6.45) is 0.990. The summed E-state index contributed by atoms with van der Waals surface area (Å²) in [7, 11) is 1.80. The van der Waals surface area contributed by atoms with Gasteiger partial charge in [0, 0.05) is 22.4 Å². The van der Waals surface area contributed by atoms with Crippen LogP contribution in [0, 0.1) is 10.1 Å². The van der Waals surface area contributed by atoms with Crippen molar-refractivity contribution in [2.45, 2.75) is 26.5 Å². The molecule has 0 fully saturated rings. The minimum absolute atomic E-state index is 0.00928. The molecule has 1 N–H and O–H groups in total. The van der Waals surface area contributed by atoms with E-state index in [0.29, 0.717) is 18.9 Å². The smallest absolute Gasteiger partial charge is 0.311 e. The van der Waals surface area contributed by atoms with Crippen molar-refractivity contribution in [3.63, 3.8) is 0 Å². The van der Waals surface area contributed by atoms with Crippen molar-refractivity contribution < 1.29 is 9.66 Å². The standard InChI is InChI=1S/C15H18N2O3S/c1-3-12-5-6-13(21-12)10-20-15-7-4-11(9-16-2)8-14(15)17(18)19/h4-8,16H,3,9-10H2,1-2H3. The van der Waals surface area contributed by atoms with Gasteiger partial charge in [-0.25, -0.2) is 0 Å². The van der Waals surface area contributed by atoms with Crippen LogP contribution < -0.4 is 10.1 Å². The number of hydrogen-bond acceptors (Lipinski definition) is 5. The van der Waals surface area contributed by atoms with Crippen LogP contribution in [0.1, 0.15) is 22.2 Å². The van der Waals surface area contributed by atoms with Crippen molar-refractivity contribution in [1.29, 1.82) is 0 Å². The van der Waals surface area contributed by atoms with Gasteiger partial charge in [0.25, 0.3) is 0 Å². The lowest BCUT2D eigenvalue weighted by Gasteiger charge is -2.07. The predicted molar refractivity (Wildman–Crippen MR) is 83.9 cm³/mol. The molecular formula is C15H18N2O3S. The second-order valence-corrected chi connectivity index (χ2v) is 5.85. The fraction of sp³-hybridized carbons (Fsp3) is 0.333. The first kappa shape index (κ1) is 15.5. The monoisotopic (exact) mass is 306 g/mol. The van der Waals surface area contributed by atoms with Gasteiger partial charge in [-0.15, -0.1) is 11.3 Å². The number of nitrogens with zero attached hydrogens (tertiary/aromatic N) is 1. The second kappa shape index (κ2) is 7.19. The number of ether oxygens (including phenoxy) is 1.